The van der Waals surface area contributed by atoms with Gasteiger partial charge in [0, 0.05) is 11.8 Å². The van der Waals surface area contributed by atoms with Gasteiger partial charge in [-0.2, -0.15) is 0 Å². The highest BCUT2D eigenvalue weighted by Crippen LogP contribution is 2.41. The molecule has 2 rings (SSSR count). The fraction of sp³-hybridized carbons (Fsp3) is 0.692. The quantitative estimate of drug-likeness (QED) is 0.306. The van der Waals surface area contributed by atoms with Gasteiger partial charge in [0.2, 0.25) is 0 Å². The number of ketones is 1. The van der Waals surface area contributed by atoms with Crippen molar-refractivity contribution in [2.75, 3.05) is 13.4 Å². The van der Waals surface area contributed by atoms with Crippen molar-refractivity contribution in [2.45, 2.75) is 26.2 Å². The third-order valence-corrected chi connectivity index (χ3v) is 3.42. The lowest BCUT2D eigenvalue weighted by Gasteiger charge is -2.15. The molecule has 4 nitrogen and oxygen atoms in total. The summed E-state index contributed by atoms with van der Waals surface area (Å²) in [4.78, 5) is 23.3. The summed E-state index contributed by atoms with van der Waals surface area (Å²) in [5.74, 6) is -0.723. The molecule has 4 heteroatoms. The highest BCUT2D eigenvalue weighted by atomic mass is 16.7. The molecule has 0 N–H and O–H groups in total. The van der Waals surface area contributed by atoms with Crippen molar-refractivity contribution in [1.82, 2.24) is 0 Å². The smallest absolute Gasteiger partial charge is 0.312 e. The van der Waals surface area contributed by atoms with Crippen molar-refractivity contribution >= 4 is 11.8 Å². The molecule has 0 amide bonds. The number of unbranched alkanes of at least 4 members (excludes halogenated alkanes) is 1. The van der Waals surface area contributed by atoms with Crippen LogP contribution in [0.5, 0.6) is 0 Å². The summed E-state index contributed by atoms with van der Waals surface area (Å²) in [5, 5.41) is 0. The number of fused-ring (bicyclic) bond motifs is 2. The lowest BCUT2D eigenvalue weighted by Crippen LogP contribution is -2.24. The number of carbonyl (C=O) groups is 2. The number of Topliss-reactive ketones (excluding diaryl/α,β-unsaturated/α-hetero) is 1. The van der Waals surface area contributed by atoms with Crippen molar-refractivity contribution in [3.05, 3.63) is 12.2 Å². The van der Waals surface area contributed by atoms with Gasteiger partial charge in [-0.05, 0) is 12.8 Å². The standard InChI is InChI=1S/C13H18O4/c1-2-3-6-16-8-17-13(15)11-7-9-4-5-10(11)12(9)14/h4-5,9-11H,2-3,6-8H2,1H3. The molecule has 1 saturated carbocycles. The second-order valence-corrected chi connectivity index (χ2v) is 4.60. The summed E-state index contributed by atoms with van der Waals surface area (Å²) >= 11 is 0. The Morgan fingerprint density at radius 2 is 2.29 bits per heavy atom. The average Bonchev–Trinajstić information content (AvgIpc) is 2.84. The minimum absolute atomic E-state index is 0.00459. The minimum atomic E-state index is -0.299. The van der Waals surface area contributed by atoms with Crippen LogP contribution < -0.4 is 0 Å². The van der Waals surface area contributed by atoms with Gasteiger partial charge in [-0.25, -0.2) is 0 Å². The Kier molecular flexibility index (Phi) is 3.94. The number of hydrogen-bond donors (Lipinski definition) is 0. The third kappa shape index (κ3) is 2.57. The van der Waals surface area contributed by atoms with Gasteiger partial charge < -0.3 is 9.47 Å². The Labute approximate surface area is 101 Å². The summed E-state index contributed by atoms with van der Waals surface area (Å²) < 4.78 is 10.2. The van der Waals surface area contributed by atoms with E-state index >= 15 is 0 Å². The summed E-state index contributed by atoms with van der Waals surface area (Å²) in [6.45, 7) is 2.69. The second-order valence-electron chi connectivity index (χ2n) is 4.60. The zero-order valence-electron chi connectivity index (χ0n) is 10.1. The van der Waals surface area contributed by atoms with E-state index in [1.165, 1.54) is 0 Å². The van der Waals surface area contributed by atoms with Gasteiger partial charge in [-0.15, -0.1) is 0 Å². The summed E-state index contributed by atoms with van der Waals surface area (Å²) in [7, 11) is 0. The van der Waals surface area contributed by atoms with Crippen molar-refractivity contribution in [3.63, 3.8) is 0 Å². The zero-order valence-corrected chi connectivity index (χ0v) is 10.1. The first-order valence-corrected chi connectivity index (χ1v) is 6.20. The molecule has 0 saturated heterocycles. The van der Waals surface area contributed by atoms with Gasteiger partial charge in [0.25, 0.3) is 0 Å². The van der Waals surface area contributed by atoms with Crippen LogP contribution in [0, 0.1) is 17.8 Å². The molecule has 0 aliphatic heterocycles. The molecular formula is C13H18O4. The van der Waals surface area contributed by atoms with Crippen LogP contribution in [0.2, 0.25) is 0 Å². The first-order valence-electron chi connectivity index (χ1n) is 6.20. The average molecular weight is 238 g/mol. The zero-order chi connectivity index (χ0) is 12.3. The lowest BCUT2D eigenvalue weighted by molar-refractivity contribution is -0.162. The second kappa shape index (κ2) is 5.45. The monoisotopic (exact) mass is 238 g/mol. The molecule has 0 aromatic carbocycles. The SMILES string of the molecule is CCCCOCOC(=O)C1CC2C=CC1C2=O. The fourth-order valence-electron chi connectivity index (χ4n) is 2.39. The predicted octanol–water partition coefficient (Wildman–Crippen LogP) is 1.70. The molecule has 0 aromatic heterocycles. The lowest BCUT2D eigenvalue weighted by atomic mass is 9.94. The van der Waals surface area contributed by atoms with Crippen molar-refractivity contribution in [3.8, 4) is 0 Å². The number of ether oxygens (including phenoxy) is 2. The van der Waals surface area contributed by atoms with E-state index in [1.54, 1.807) is 0 Å². The highest BCUT2D eigenvalue weighted by molar-refractivity contribution is 5.96. The number of allylic oxidation sites excluding steroid dienone is 2. The van der Waals surface area contributed by atoms with Crippen molar-refractivity contribution in [2.24, 2.45) is 17.8 Å². The van der Waals surface area contributed by atoms with Crippen molar-refractivity contribution in [1.29, 1.82) is 0 Å². The normalized spacial score (nSPS) is 29.9. The van der Waals surface area contributed by atoms with E-state index in [2.05, 4.69) is 6.92 Å². The molecule has 2 aliphatic rings. The first kappa shape index (κ1) is 12.3. The highest BCUT2D eigenvalue weighted by Gasteiger charge is 2.47. The molecule has 0 radical (unpaired) electrons. The Morgan fingerprint density at radius 1 is 1.47 bits per heavy atom. The Bertz CT molecular complexity index is 334. The summed E-state index contributed by atoms with van der Waals surface area (Å²) in [6.07, 6.45) is 6.36. The number of carbonyl (C=O) groups excluding carboxylic acids is 2. The van der Waals surface area contributed by atoms with Crippen LogP contribution >= 0.6 is 0 Å². The van der Waals surface area contributed by atoms with Crippen LogP contribution in [0.25, 0.3) is 0 Å². The fourth-order valence-corrected chi connectivity index (χ4v) is 2.39. The number of hydrogen-bond acceptors (Lipinski definition) is 4. The van der Waals surface area contributed by atoms with E-state index in [1.807, 2.05) is 12.2 Å². The molecule has 3 atom stereocenters. The van der Waals surface area contributed by atoms with Gasteiger partial charge in [-0.1, -0.05) is 25.5 Å². The molecule has 0 spiro atoms. The predicted molar refractivity (Wildman–Crippen MR) is 61.1 cm³/mol. The maximum absolute atomic E-state index is 11.7. The maximum Gasteiger partial charge on any atom is 0.312 e. The van der Waals surface area contributed by atoms with Crippen LogP contribution in [0.4, 0.5) is 0 Å². The Balaban J connectivity index is 1.71. The maximum atomic E-state index is 11.7. The van der Waals surface area contributed by atoms with E-state index in [0.717, 1.165) is 12.8 Å². The van der Waals surface area contributed by atoms with Gasteiger partial charge in [-0.3, -0.25) is 9.59 Å². The Morgan fingerprint density at radius 3 is 2.88 bits per heavy atom. The largest absolute Gasteiger partial charge is 0.438 e. The van der Waals surface area contributed by atoms with Gasteiger partial charge in [0.05, 0.1) is 12.5 Å². The van der Waals surface area contributed by atoms with E-state index in [-0.39, 0.29) is 36.3 Å². The van der Waals surface area contributed by atoms with Crippen LogP contribution in [-0.2, 0) is 19.1 Å². The van der Waals surface area contributed by atoms with Crippen LogP contribution in [0.1, 0.15) is 26.2 Å². The third-order valence-electron chi connectivity index (χ3n) is 3.42. The number of esters is 1. The van der Waals surface area contributed by atoms with E-state index in [0.29, 0.717) is 13.0 Å². The van der Waals surface area contributed by atoms with Gasteiger partial charge in [0.15, 0.2) is 6.79 Å². The molecule has 17 heavy (non-hydrogen) atoms. The molecule has 0 heterocycles. The Hall–Kier alpha value is -1.16. The molecule has 2 aliphatic carbocycles. The first-order chi connectivity index (χ1) is 8.24. The molecular weight excluding hydrogens is 220 g/mol. The molecule has 2 bridgehead atoms. The molecule has 0 aromatic rings. The van der Waals surface area contributed by atoms with E-state index in [9.17, 15) is 9.59 Å². The minimum Gasteiger partial charge on any atom is -0.438 e. The van der Waals surface area contributed by atoms with E-state index in [4.69, 9.17) is 9.47 Å². The summed E-state index contributed by atoms with van der Waals surface area (Å²) in [6, 6.07) is 0. The van der Waals surface area contributed by atoms with Gasteiger partial charge in [0.1, 0.15) is 5.78 Å². The number of rotatable bonds is 6. The molecule has 94 valence electrons. The van der Waals surface area contributed by atoms with Crippen LogP contribution in [-0.4, -0.2) is 25.2 Å². The van der Waals surface area contributed by atoms with E-state index < -0.39 is 0 Å². The van der Waals surface area contributed by atoms with Crippen LogP contribution in [0.3, 0.4) is 0 Å². The summed E-state index contributed by atoms with van der Waals surface area (Å²) in [5.41, 5.74) is 0. The van der Waals surface area contributed by atoms with Crippen LogP contribution in [0.15, 0.2) is 12.2 Å². The topological polar surface area (TPSA) is 52.6 Å². The molecule has 3 unspecified atom stereocenters. The molecule has 1 fully saturated rings. The van der Waals surface area contributed by atoms with Crippen molar-refractivity contribution < 1.29 is 19.1 Å². The van der Waals surface area contributed by atoms with Gasteiger partial charge >= 0.3 is 5.97 Å².